The molecule has 124 valence electrons. The molecule has 0 radical (unpaired) electrons. The third-order valence-corrected chi connectivity index (χ3v) is 5.24. The van der Waals surface area contributed by atoms with Crippen LogP contribution >= 0.6 is 0 Å². The first-order valence-electron chi connectivity index (χ1n) is 8.54. The lowest BCUT2D eigenvalue weighted by molar-refractivity contribution is -0.122. The van der Waals surface area contributed by atoms with Crippen molar-refractivity contribution in [3.05, 3.63) is 48.3 Å². The average Bonchev–Trinajstić information content (AvgIpc) is 2.83. The van der Waals surface area contributed by atoms with E-state index in [4.69, 9.17) is 0 Å². The molecule has 2 aliphatic rings. The Labute approximate surface area is 142 Å². The fourth-order valence-corrected chi connectivity index (χ4v) is 3.82. The quantitative estimate of drug-likeness (QED) is 0.853. The van der Waals surface area contributed by atoms with Crippen molar-refractivity contribution in [3.63, 3.8) is 0 Å². The van der Waals surface area contributed by atoms with Crippen LogP contribution in [0.3, 0.4) is 0 Å². The Morgan fingerprint density at radius 1 is 1.04 bits per heavy atom. The Morgan fingerprint density at radius 3 is 2.50 bits per heavy atom. The van der Waals surface area contributed by atoms with E-state index in [9.17, 15) is 4.79 Å². The van der Waals surface area contributed by atoms with E-state index in [1.54, 1.807) is 6.20 Å². The van der Waals surface area contributed by atoms with Crippen LogP contribution in [0.1, 0.15) is 32.3 Å². The number of fused-ring (bicyclic) bond motifs is 1. The number of anilines is 2. The van der Waals surface area contributed by atoms with Gasteiger partial charge in [-0.2, -0.15) is 0 Å². The van der Waals surface area contributed by atoms with Gasteiger partial charge in [0, 0.05) is 37.1 Å². The molecule has 4 heterocycles. The maximum absolute atomic E-state index is 13.0. The van der Waals surface area contributed by atoms with Crippen LogP contribution in [0.15, 0.2) is 42.7 Å². The molecule has 0 unspecified atom stereocenters. The number of rotatable bonds is 2. The highest BCUT2D eigenvalue weighted by atomic mass is 16.2. The van der Waals surface area contributed by atoms with Crippen LogP contribution in [0.4, 0.5) is 11.6 Å². The highest BCUT2D eigenvalue weighted by Gasteiger charge is 2.47. The summed E-state index contributed by atoms with van der Waals surface area (Å²) in [5.41, 5.74) is 0.559. The highest BCUT2D eigenvalue weighted by molar-refractivity contribution is 6.07. The number of hydrogen-bond donors (Lipinski definition) is 0. The topological polar surface area (TPSA) is 49.3 Å². The number of nitrogens with zero attached hydrogens (tertiary/aromatic N) is 4. The molecule has 2 aromatic heterocycles. The first-order chi connectivity index (χ1) is 11.6. The van der Waals surface area contributed by atoms with Crippen LogP contribution in [0.2, 0.25) is 0 Å². The lowest BCUT2D eigenvalue weighted by Gasteiger charge is -2.37. The van der Waals surface area contributed by atoms with Crippen molar-refractivity contribution in [1.29, 1.82) is 0 Å². The predicted molar refractivity (Wildman–Crippen MR) is 94.2 cm³/mol. The fraction of sp³-hybridized carbons (Fsp3) is 0.421. The van der Waals surface area contributed by atoms with Gasteiger partial charge in [0.25, 0.3) is 0 Å². The Kier molecular flexibility index (Phi) is 3.52. The van der Waals surface area contributed by atoms with Crippen LogP contribution in [0, 0.1) is 0 Å². The van der Waals surface area contributed by atoms with Crippen molar-refractivity contribution < 1.29 is 4.79 Å². The first-order valence-corrected chi connectivity index (χ1v) is 8.54. The van der Waals surface area contributed by atoms with E-state index >= 15 is 0 Å². The summed E-state index contributed by atoms with van der Waals surface area (Å²) in [6.45, 7) is 5.82. The average molecular weight is 322 g/mol. The van der Waals surface area contributed by atoms with Crippen LogP contribution in [-0.4, -0.2) is 35.0 Å². The van der Waals surface area contributed by atoms with Crippen molar-refractivity contribution >= 4 is 17.5 Å². The van der Waals surface area contributed by atoms with Gasteiger partial charge in [-0.25, -0.2) is 9.97 Å². The highest BCUT2D eigenvalue weighted by Crippen LogP contribution is 2.42. The molecule has 0 aromatic carbocycles. The van der Waals surface area contributed by atoms with E-state index in [0.717, 1.165) is 43.1 Å². The molecular formula is C19H22N4O. The summed E-state index contributed by atoms with van der Waals surface area (Å²) >= 11 is 0. The van der Waals surface area contributed by atoms with Crippen molar-refractivity contribution in [3.8, 4) is 0 Å². The lowest BCUT2D eigenvalue weighted by atomic mass is 9.87. The van der Waals surface area contributed by atoms with Crippen molar-refractivity contribution in [2.24, 2.45) is 0 Å². The van der Waals surface area contributed by atoms with Gasteiger partial charge in [0.15, 0.2) is 0 Å². The maximum atomic E-state index is 13.0. The van der Waals surface area contributed by atoms with E-state index in [1.165, 1.54) is 0 Å². The van der Waals surface area contributed by atoms with Crippen LogP contribution < -0.4 is 9.80 Å². The van der Waals surface area contributed by atoms with Gasteiger partial charge in [0.1, 0.15) is 11.6 Å². The molecule has 0 aliphatic carbocycles. The van der Waals surface area contributed by atoms with Gasteiger partial charge in [0.05, 0.1) is 5.41 Å². The zero-order valence-corrected chi connectivity index (χ0v) is 14.1. The molecule has 4 rings (SSSR count). The summed E-state index contributed by atoms with van der Waals surface area (Å²) in [6, 6.07) is 10.2. The van der Waals surface area contributed by atoms with E-state index < -0.39 is 5.41 Å². The zero-order valence-electron chi connectivity index (χ0n) is 14.1. The Hall–Kier alpha value is -2.43. The summed E-state index contributed by atoms with van der Waals surface area (Å²) in [4.78, 5) is 26.2. The molecule has 0 atom stereocenters. The number of aromatic nitrogens is 2. The SMILES string of the molecule is CC1(C)C(=O)N(C2CCN(c3ccccn3)CC2)c2ncccc21. The molecule has 0 bridgehead atoms. The van der Waals surface area contributed by atoms with Gasteiger partial charge in [0.2, 0.25) is 5.91 Å². The van der Waals surface area contributed by atoms with Gasteiger partial charge in [-0.05, 0) is 44.9 Å². The molecule has 5 heteroatoms. The normalized spacial score (nSPS) is 20.3. The van der Waals surface area contributed by atoms with E-state index in [-0.39, 0.29) is 11.9 Å². The molecular weight excluding hydrogens is 300 g/mol. The Balaban J connectivity index is 1.55. The second-order valence-corrected chi connectivity index (χ2v) is 7.08. The summed E-state index contributed by atoms with van der Waals surface area (Å²) in [7, 11) is 0. The minimum Gasteiger partial charge on any atom is -0.356 e. The van der Waals surface area contributed by atoms with Gasteiger partial charge < -0.3 is 4.90 Å². The summed E-state index contributed by atoms with van der Waals surface area (Å²) in [6.07, 6.45) is 5.49. The molecule has 24 heavy (non-hydrogen) atoms. The molecule has 0 spiro atoms. The smallest absolute Gasteiger partial charge is 0.238 e. The van der Waals surface area contributed by atoms with Crippen molar-refractivity contribution in [2.45, 2.75) is 38.1 Å². The van der Waals surface area contributed by atoms with Crippen LogP contribution in [-0.2, 0) is 10.2 Å². The number of pyridine rings is 2. The van der Waals surface area contributed by atoms with Gasteiger partial charge >= 0.3 is 0 Å². The molecule has 0 N–H and O–H groups in total. The molecule has 1 amide bonds. The summed E-state index contributed by atoms with van der Waals surface area (Å²) in [5, 5.41) is 0. The van der Waals surface area contributed by atoms with E-state index in [2.05, 4.69) is 14.9 Å². The lowest BCUT2D eigenvalue weighted by Crippen LogP contribution is -2.49. The second kappa shape index (κ2) is 5.58. The maximum Gasteiger partial charge on any atom is 0.238 e. The summed E-state index contributed by atoms with van der Waals surface area (Å²) in [5.74, 6) is 2.04. The van der Waals surface area contributed by atoms with E-state index in [0.29, 0.717) is 0 Å². The fourth-order valence-electron chi connectivity index (χ4n) is 3.82. The standard InChI is InChI=1S/C19H22N4O/c1-19(2)15-6-5-11-21-17(15)23(18(19)24)14-8-12-22(13-9-14)16-7-3-4-10-20-16/h3-7,10-11,14H,8-9,12-13H2,1-2H3. The number of piperidine rings is 1. The predicted octanol–water partition coefficient (Wildman–Crippen LogP) is 2.77. The molecule has 1 saturated heterocycles. The van der Waals surface area contributed by atoms with Crippen molar-refractivity contribution in [1.82, 2.24) is 9.97 Å². The molecule has 1 fully saturated rings. The number of hydrogen-bond acceptors (Lipinski definition) is 4. The van der Waals surface area contributed by atoms with Gasteiger partial charge in [-0.15, -0.1) is 0 Å². The Morgan fingerprint density at radius 2 is 1.79 bits per heavy atom. The third-order valence-electron chi connectivity index (χ3n) is 5.24. The van der Waals surface area contributed by atoms with E-state index in [1.807, 2.05) is 55.3 Å². The molecule has 2 aromatic rings. The summed E-state index contributed by atoms with van der Waals surface area (Å²) < 4.78 is 0. The molecule has 5 nitrogen and oxygen atoms in total. The number of amides is 1. The Bertz CT molecular complexity index is 751. The second-order valence-electron chi connectivity index (χ2n) is 7.08. The van der Waals surface area contributed by atoms with Gasteiger partial charge in [-0.1, -0.05) is 12.1 Å². The first kappa shape index (κ1) is 15.1. The third kappa shape index (κ3) is 2.27. The number of carbonyl (C=O) groups excluding carboxylic acids is 1. The van der Waals surface area contributed by atoms with Gasteiger partial charge in [-0.3, -0.25) is 9.69 Å². The number of carbonyl (C=O) groups is 1. The largest absolute Gasteiger partial charge is 0.356 e. The minimum absolute atomic E-state index is 0.174. The van der Waals surface area contributed by atoms with Crippen LogP contribution in [0.5, 0.6) is 0 Å². The molecule has 0 saturated carbocycles. The van der Waals surface area contributed by atoms with Crippen LogP contribution in [0.25, 0.3) is 0 Å². The zero-order chi connectivity index (χ0) is 16.7. The van der Waals surface area contributed by atoms with Crippen molar-refractivity contribution in [2.75, 3.05) is 22.9 Å². The monoisotopic (exact) mass is 322 g/mol. The molecule has 2 aliphatic heterocycles. The minimum atomic E-state index is -0.484.